The Morgan fingerprint density at radius 1 is 1.37 bits per heavy atom. The lowest BCUT2D eigenvalue weighted by molar-refractivity contribution is -0.121. The van der Waals surface area contributed by atoms with Crippen LogP contribution in [-0.2, 0) is 11.2 Å². The van der Waals surface area contributed by atoms with Crippen molar-refractivity contribution >= 4 is 16.8 Å². The summed E-state index contributed by atoms with van der Waals surface area (Å²) in [6, 6.07) is 6.42. The number of carbonyl (C=O) groups is 1. The maximum absolute atomic E-state index is 11.5. The first kappa shape index (κ1) is 13.7. The predicted octanol–water partition coefficient (Wildman–Crippen LogP) is 3.33. The number of amides is 1. The molecule has 0 saturated carbocycles. The molecule has 0 aliphatic heterocycles. The SMILES string of the molecule is CCCCC(=O)NCCc1c[nH]c2cc(C)ccc12. The van der Waals surface area contributed by atoms with Crippen LogP contribution in [0.25, 0.3) is 10.9 Å². The zero-order valence-electron chi connectivity index (χ0n) is 11.8. The Hall–Kier alpha value is -1.77. The first-order valence-electron chi connectivity index (χ1n) is 7.04. The molecule has 0 atom stereocenters. The molecule has 0 aliphatic rings. The minimum absolute atomic E-state index is 0.164. The van der Waals surface area contributed by atoms with E-state index in [1.54, 1.807) is 0 Å². The average Bonchev–Trinajstić information content (AvgIpc) is 2.79. The van der Waals surface area contributed by atoms with Crippen LogP contribution in [0.3, 0.4) is 0 Å². The number of hydrogen-bond donors (Lipinski definition) is 2. The van der Waals surface area contributed by atoms with Gasteiger partial charge in [0.25, 0.3) is 0 Å². The van der Waals surface area contributed by atoms with Crippen molar-refractivity contribution in [1.82, 2.24) is 10.3 Å². The lowest BCUT2D eigenvalue weighted by Crippen LogP contribution is -2.25. The van der Waals surface area contributed by atoms with Crippen LogP contribution in [0.15, 0.2) is 24.4 Å². The van der Waals surface area contributed by atoms with Crippen LogP contribution in [0, 0.1) is 6.92 Å². The monoisotopic (exact) mass is 258 g/mol. The summed E-state index contributed by atoms with van der Waals surface area (Å²) in [4.78, 5) is 14.8. The topological polar surface area (TPSA) is 44.9 Å². The van der Waals surface area contributed by atoms with Crippen LogP contribution in [0.5, 0.6) is 0 Å². The number of aromatic amines is 1. The van der Waals surface area contributed by atoms with Crippen molar-refractivity contribution in [2.24, 2.45) is 0 Å². The zero-order valence-corrected chi connectivity index (χ0v) is 11.8. The maximum atomic E-state index is 11.5. The van der Waals surface area contributed by atoms with E-state index in [0.717, 1.165) is 19.3 Å². The molecule has 2 aromatic rings. The Morgan fingerprint density at radius 2 is 2.21 bits per heavy atom. The van der Waals surface area contributed by atoms with Gasteiger partial charge in [0.1, 0.15) is 0 Å². The highest BCUT2D eigenvalue weighted by Gasteiger charge is 2.04. The van der Waals surface area contributed by atoms with E-state index in [0.29, 0.717) is 13.0 Å². The Labute approximate surface area is 114 Å². The number of aryl methyl sites for hydroxylation is 1. The molecule has 0 radical (unpaired) electrons. The van der Waals surface area contributed by atoms with E-state index in [2.05, 4.69) is 42.3 Å². The first-order valence-corrected chi connectivity index (χ1v) is 7.04. The molecule has 0 saturated heterocycles. The molecule has 0 fully saturated rings. The smallest absolute Gasteiger partial charge is 0.220 e. The number of rotatable bonds is 6. The first-order chi connectivity index (χ1) is 9.20. The van der Waals surface area contributed by atoms with Gasteiger partial charge in [0.15, 0.2) is 0 Å². The van der Waals surface area contributed by atoms with Crippen LogP contribution in [0.4, 0.5) is 0 Å². The summed E-state index contributed by atoms with van der Waals surface area (Å²) < 4.78 is 0. The van der Waals surface area contributed by atoms with Crippen LogP contribution >= 0.6 is 0 Å². The van der Waals surface area contributed by atoms with E-state index < -0.39 is 0 Å². The summed E-state index contributed by atoms with van der Waals surface area (Å²) >= 11 is 0. The van der Waals surface area contributed by atoms with Crippen molar-refractivity contribution in [3.63, 3.8) is 0 Å². The summed E-state index contributed by atoms with van der Waals surface area (Å²) in [5.41, 5.74) is 3.70. The van der Waals surface area contributed by atoms with Crippen molar-refractivity contribution in [3.05, 3.63) is 35.5 Å². The quantitative estimate of drug-likeness (QED) is 0.820. The molecule has 1 amide bonds. The number of nitrogens with one attached hydrogen (secondary N) is 2. The van der Waals surface area contributed by atoms with Crippen molar-refractivity contribution in [3.8, 4) is 0 Å². The van der Waals surface area contributed by atoms with E-state index in [-0.39, 0.29) is 5.91 Å². The van der Waals surface area contributed by atoms with Crippen molar-refractivity contribution in [2.45, 2.75) is 39.5 Å². The number of hydrogen-bond acceptors (Lipinski definition) is 1. The molecule has 19 heavy (non-hydrogen) atoms. The zero-order chi connectivity index (χ0) is 13.7. The minimum Gasteiger partial charge on any atom is -0.361 e. The van der Waals surface area contributed by atoms with Gasteiger partial charge in [0.2, 0.25) is 5.91 Å². The fourth-order valence-corrected chi connectivity index (χ4v) is 2.27. The van der Waals surface area contributed by atoms with E-state index >= 15 is 0 Å². The lowest BCUT2D eigenvalue weighted by atomic mass is 10.1. The third kappa shape index (κ3) is 3.60. The van der Waals surface area contributed by atoms with Gasteiger partial charge in [0, 0.05) is 30.1 Å². The molecule has 0 spiro atoms. The number of fused-ring (bicyclic) bond motifs is 1. The highest BCUT2D eigenvalue weighted by molar-refractivity contribution is 5.84. The van der Waals surface area contributed by atoms with Gasteiger partial charge in [-0.05, 0) is 37.0 Å². The van der Waals surface area contributed by atoms with Gasteiger partial charge < -0.3 is 10.3 Å². The molecule has 3 heteroatoms. The van der Waals surface area contributed by atoms with Gasteiger partial charge in [0.05, 0.1) is 0 Å². The highest BCUT2D eigenvalue weighted by Crippen LogP contribution is 2.19. The molecule has 1 aromatic carbocycles. The molecule has 1 aromatic heterocycles. The van der Waals surface area contributed by atoms with Crippen LogP contribution < -0.4 is 5.32 Å². The summed E-state index contributed by atoms with van der Waals surface area (Å²) in [5, 5.41) is 4.24. The van der Waals surface area contributed by atoms with Crippen LogP contribution in [0.1, 0.15) is 37.3 Å². The molecular weight excluding hydrogens is 236 g/mol. The highest BCUT2D eigenvalue weighted by atomic mass is 16.1. The second kappa shape index (κ2) is 6.41. The molecule has 3 nitrogen and oxygen atoms in total. The van der Waals surface area contributed by atoms with E-state index in [1.807, 2.05) is 6.20 Å². The number of aromatic nitrogens is 1. The van der Waals surface area contributed by atoms with E-state index in [9.17, 15) is 4.79 Å². The normalized spacial score (nSPS) is 10.8. The summed E-state index contributed by atoms with van der Waals surface area (Å²) in [6.07, 6.45) is 5.60. The van der Waals surface area contributed by atoms with Gasteiger partial charge in [-0.15, -0.1) is 0 Å². The Bertz CT molecular complexity index is 557. The largest absolute Gasteiger partial charge is 0.361 e. The van der Waals surface area contributed by atoms with Gasteiger partial charge in [-0.2, -0.15) is 0 Å². The van der Waals surface area contributed by atoms with Crippen LogP contribution in [0.2, 0.25) is 0 Å². The maximum Gasteiger partial charge on any atom is 0.220 e. The lowest BCUT2D eigenvalue weighted by Gasteiger charge is -2.04. The fraction of sp³-hybridized carbons (Fsp3) is 0.438. The molecule has 1 heterocycles. The predicted molar refractivity (Wildman–Crippen MR) is 79.3 cm³/mol. The third-order valence-corrected chi connectivity index (χ3v) is 3.40. The Morgan fingerprint density at radius 3 is 3.00 bits per heavy atom. The number of benzene rings is 1. The molecule has 102 valence electrons. The molecular formula is C16H22N2O. The molecule has 0 unspecified atom stereocenters. The van der Waals surface area contributed by atoms with Gasteiger partial charge in [-0.25, -0.2) is 0 Å². The van der Waals surface area contributed by atoms with Gasteiger partial charge in [-0.1, -0.05) is 25.5 Å². The minimum atomic E-state index is 0.164. The van der Waals surface area contributed by atoms with Gasteiger partial charge >= 0.3 is 0 Å². The van der Waals surface area contributed by atoms with Crippen molar-refractivity contribution in [2.75, 3.05) is 6.54 Å². The molecule has 2 N–H and O–H groups in total. The molecule has 0 bridgehead atoms. The Kier molecular flexibility index (Phi) is 4.61. The summed E-state index contributed by atoms with van der Waals surface area (Å²) in [6.45, 7) is 4.90. The third-order valence-electron chi connectivity index (χ3n) is 3.40. The summed E-state index contributed by atoms with van der Waals surface area (Å²) in [7, 11) is 0. The number of unbranched alkanes of at least 4 members (excludes halogenated alkanes) is 1. The number of H-pyrrole nitrogens is 1. The second-order valence-electron chi connectivity index (χ2n) is 5.07. The fourth-order valence-electron chi connectivity index (χ4n) is 2.27. The Balaban J connectivity index is 1.90. The molecule has 0 aliphatic carbocycles. The van der Waals surface area contributed by atoms with Gasteiger partial charge in [-0.3, -0.25) is 4.79 Å². The number of carbonyl (C=O) groups excluding carboxylic acids is 1. The average molecular weight is 258 g/mol. The van der Waals surface area contributed by atoms with E-state index in [4.69, 9.17) is 0 Å². The van der Waals surface area contributed by atoms with Crippen LogP contribution in [-0.4, -0.2) is 17.4 Å². The standard InChI is InChI=1S/C16H22N2O/c1-3-4-5-16(19)17-9-8-13-11-18-15-10-12(2)6-7-14(13)15/h6-7,10-11,18H,3-5,8-9H2,1-2H3,(H,17,19). The van der Waals surface area contributed by atoms with E-state index in [1.165, 1.54) is 22.0 Å². The van der Waals surface area contributed by atoms with Crippen molar-refractivity contribution in [1.29, 1.82) is 0 Å². The second-order valence-corrected chi connectivity index (χ2v) is 5.07. The summed E-state index contributed by atoms with van der Waals surface area (Å²) in [5.74, 6) is 0.164. The van der Waals surface area contributed by atoms with Crippen molar-refractivity contribution < 1.29 is 4.79 Å². The molecule has 2 rings (SSSR count).